The molecular formula is C10H10FNO. The molecule has 0 saturated heterocycles. The number of nitrogens with one attached hydrogen (secondary N) is 1. The quantitative estimate of drug-likeness (QED) is 0.757. The van der Waals surface area contributed by atoms with E-state index >= 15 is 0 Å². The van der Waals surface area contributed by atoms with Gasteiger partial charge in [0.2, 0.25) is 0 Å². The van der Waals surface area contributed by atoms with Crippen molar-refractivity contribution in [2.24, 2.45) is 0 Å². The number of carbonyl (C=O) groups is 1. The van der Waals surface area contributed by atoms with E-state index in [0.29, 0.717) is 5.69 Å². The molecule has 0 bridgehead atoms. The summed E-state index contributed by atoms with van der Waals surface area (Å²) >= 11 is 0. The van der Waals surface area contributed by atoms with Crippen LogP contribution in [0, 0.1) is 0 Å². The second kappa shape index (κ2) is 4.40. The van der Waals surface area contributed by atoms with E-state index in [-0.39, 0.29) is 0 Å². The Bertz CT molecular complexity index is 305. The van der Waals surface area contributed by atoms with Crippen molar-refractivity contribution in [1.82, 2.24) is 0 Å². The minimum atomic E-state index is -0.997. The molecule has 0 aliphatic heterocycles. The zero-order chi connectivity index (χ0) is 9.68. The van der Waals surface area contributed by atoms with Crippen molar-refractivity contribution < 1.29 is 9.18 Å². The topological polar surface area (TPSA) is 29.1 Å². The molecule has 0 radical (unpaired) electrons. The van der Waals surface area contributed by atoms with Gasteiger partial charge in [-0.25, -0.2) is 4.39 Å². The highest BCUT2D eigenvalue weighted by Gasteiger charge is 1.99. The molecule has 1 N–H and O–H groups in total. The highest BCUT2D eigenvalue weighted by Crippen LogP contribution is 2.09. The third-order valence-electron chi connectivity index (χ3n) is 1.55. The lowest BCUT2D eigenvalue weighted by molar-refractivity contribution is -0.117. The van der Waals surface area contributed by atoms with Crippen LogP contribution in [0.25, 0.3) is 6.08 Å². The van der Waals surface area contributed by atoms with Crippen LogP contribution in [-0.2, 0) is 4.79 Å². The predicted octanol–water partition coefficient (Wildman–Crippen LogP) is 2.24. The fourth-order valence-electron chi connectivity index (χ4n) is 0.897. The minimum Gasteiger partial charge on any atom is -0.324 e. The Hall–Kier alpha value is -1.64. The number of halogens is 1. The molecule has 0 unspecified atom stereocenters. The van der Waals surface area contributed by atoms with Crippen LogP contribution in [0.3, 0.4) is 0 Å². The number of hydrogen-bond donors (Lipinski definition) is 1. The molecule has 13 heavy (non-hydrogen) atoms. The first-order valence-corrected chi connectivity index (χ1v) is 3.84. The standard InChI is InChI=1S/C10H10FNO/c1-2-8-3-5-9(6-4-8)12-10(13)7-11/h2-6H,1,7H2,(H,12,13). The Balaban J connectivity index is 2.69. The second-order valence-electron chi connectivity index (χ2n) is 2.51. The van der Waals surface area contributed by atoms with Gasteiger partial charge in [-0.1, -0.05) is 24.8 Å². The first kappa shape index (κ1) is 9.45. The van der Waals surface area contributed by atoms with E-state index in [1.165, 1.54) is 0 Å². The number of carbonyl (C=O) groups excluding carboxylic acids is 1. The maximum atomic E-state index is 11.8. The fourth-order valence-corrected chi connectivity index (χ4v) is 0.897. The summed E-state index contributed by atoms with van der Waals surface area (Å²) in [6.45, 7) is 2.59. The van der Waals surface area contributed by atoms with Crippen LogP contribution >= 0.6 is 0 Å². The third-order valence-corrected chi connectivity index (χ3v) is 1.55. The van der Waals surface area contributed by atoms with Crippen molar-refractivity contribution in [3.63, 3.8) is 0 Å². The van der Waals surface area contributed by atoms with E-state index in [1.807, 2.05) is 0 Å². The summed E-state index contributed by atoms with van der Waals surface area (Å²) in [6.07, 6.45) is 1.70. The van der Waals surface area contributed by atoms with Gasteiger partial charge < -0.3 is 5.32 Å². The molecule has 1 aromatic rings. The van der Waals surface area contributed by atoms with Gasteiger partial charge in [-0.2, -0.15) is 0 Å². The number of amides is 1. The van der Waals surface area contributed by atoms with Crippen molar-refractivity contribution in [3.8, 4) is 0 Å². The third kappa shape index (κ3) is 2.71. The van der Waals surface area contributed by atoms with Crippen molar-refractivity contribution >= 4 is 17.7 Å². The number of benzene rings is 1. The monoisotopic (exact) mass is 179 g/mol. The zero-order valence-corrected chi connectivity index (χ0v) is 7.09. The van der Waals surface area contributed by atoms with Gasteiger partial charge in [0.25, 0.3) is 5.91 Å². The Kier molecular flexibility index (Phi) is 3.20. The van der Waals surface area contributed by atoms with E-state index < -0.39 is 12.6 Å². The van der Waals surface area contributed by atoms with Gasteiger partial charge in [0, 0.05) is 5.69 Å². The van der Waals surface area contributed by atoms with E-state index in [1.54, 1.807) is 30.3 Å². The summed E-state index contributed by atoms with van der Waals surface area (Å²) in [4.78, 5) is 10.6. The minimum absolute atomic E-state index is 0.591. The molecule has 3 heteroatoms. The molecule has 0 heterocycles. The summed E-state index contributed by atoms with van der Waals surface area (Å²) in [5.41, 5.74) is 1.55. The first-order valence-electron chi connectivity index (χ1n) is 3.84. The SMILES string of the molecule is C=Cc1ccc(NC(=O)CF)cc1. The molecule has 1 amide bonds. The molecular weight excluding hydrogens is 169 g/mol. The van der Waals surface area contributed by atoms with Crippen LogP contribution in [0.4, 0.5) is 10.1 Å². The van der Waals surface area contributed by atoms with E-state index in [4.69, 9.17) is 0 Å². The predicted molar refractivity (Wildman–Crippen MR) is 51.1 cm³/mol. The molecule has 0 aromatic heterocycles. The molecule has 1 rings (SSSR count). The smallest absolute Gasteiger partial charge is 0.255 e. The second-order valence-corrected chi connectivity index (χ2v) is 2.51. The summed E-state index contributed by atoms with van der Waals surface area (Å²) in [6, 6.07) is 6.98. The summed E-state index contributed by atoms with van der Waals surface area (Å²) < 4.78 is 11.8. The van der Waals surface area contributed by atoms with Crippen molar-refractivity contribution in [2.75, 3.05) is 12.0 Å². The molecule has 0 spiro atoms. The van der Waals surface area contributed by atoms with Gasteiger partial charge >= 0.3 is 0 Å². The number of alkyl halides is 1. The number of rotatable bonds is 3. The maximum Gasteiger partial charge on any atom is 0.255 e. The van der Waals surface area contributed by atoms with Crippen LogP contribution in [0.5, 0.6) is 0 Å². The Morgan fingerprint density at radius 1 is 1.46 bits per heavy atom. The van der Waals surface area contributed by atoms with E-state index in [9.17, 15) is 9.18 Å². The molecule has 0 atom stereocenters. The van der Waals surface area contributed by atoms with E-state index in [0.717, 1.165) is 5.56 Å². The van der Waals surface area contributed by atoms with Gasteiger partial charge in [-0.05, 0) is 17.7 Å². The van der Waals surface area contributed by atoms with Gasteiger partial charge in [0.05, 0.1) is 0 Å². The average Bonchev–Trinajstić information content (AvgIpc) is 2.19. The molecule has 0 aliphatic carbocycles. The molecule has 0 fully saturated rings. The number of hydrogen-bond acceptors (Lipinski definition) is 1. The van der Waals surface area contributed by atoms with Gasteiger partial charge in [-0.15, -0.1) is 0 Å². The lowest BCUT2D eigenvalue weighted by Crippen LogP contribution is -2.12. The fraction of sp³-hybridized carbons (Fsp3) is 0.100. The van der Waals surface area contributed by atoms with Gasteiger partial charge in [0.15, 0.2) is 6.67 Å². The van der Waals surface area contributed by atoms with Gasteiger partial charge in [0.1, 0.15) is 0 Å². The van der Waals surface area contributed by atoms with Gasteiger partial charge in [-0.3, -0.25) is 4.79 Å². The van der Waals surface area contributed by atoms with Crippen LogP contribution < -0.4 is 5.32 Å². The summed E-state index contributed by atoms with van der Waals surface area (Å²) in [7, 11) is 0. The van der Waals surface area contributed by atoms with Crippen molar-refractivity contribution in [3.05, 3.63) is 36.4 Å². The van der Waals surface area contributed by atoms with Crippen LogP contribution in [-0.4, -0.2) is 12.6 Å². The summed E-state index contributed by atoms with van der Waals surface area (Å²) in [5, 5.41) is 2.39. The highest BCUT2D eigenvalue weighted by molar-refractivity contribution is 5.91. The lowest BCUT2D eigenvalue weighted by Gasteiger charge is -2.01. The van der Waals surface area contributed by atoms with Crippen molar-refractivity contribution in [1.29, 1.82) is 0 Å². The molecule has 2 nitrogen and oxygen atoms in total. The molecule has 0 saturated carbocycles. The Morgan fingerprint density at radius 3 is 2.54 bits per heavy atom. The first-order chi connectivity index (χ1) is 6.26. The highest BCUT2D eigenvalue weighted by atomic mass is 19.1. The zero-order valence-electron chi connectivity index (χ0n) is 7.09. The average molecular weight is 179 g/mol. The summed E-state index contributed by atoms with van der Waals surface area (Å²) in [5.74, 6) is -0.633. The van der Waals surface area contributed by atoms with Crippen LogP contribution in [0.2, 0.25) is 0 Å². The van der Waals surface area contributed by atoms with E-state index in [2.05, 4.69) is 11.9 Å². The normalized spacial score (nSPS) is 9.31. The molecule has 0 aliphatic rings. The Morgan fingerprint density at radius 2 is 2.08 bits per heavy atom. The van der Waals surface area contributed by atoms with Crippen LogP contribution in [0.1, 0.15) is 5.56 Å². The van der Waals surface area contributed by atoms with Crippen LogP contribution in [0.15, 0.2) is 30.8 Å². The largest absolute Gasteiger partial charge is 0.324 e. The number of anilines is 1. The Labute approximate surface area is 76.1 Å². The maximum absolute atomic E-state index is 11.8. The molecule has 1 aromatic carbocycles. The molecule has 68 valence electrons. The lowest BCUT2D eigenvalue weighted by atomic mass is 10.2. The van der Waals surface area contributed by atoms with Crippen molar-refractivity contribution in [2.45, 2.75) is 0 Å².